The molecule has 0 aliphatic rings. The van der Waals surface area contributed by atoms with Gasteiger partial charge in [-0.05, 0) is 19.9 Å². The Balaban J connectivity index is 2.90. The van der Waals surface area contributed by atoms with Crippen LogP contribution in [0.2, 0.25) is 5.02 Å². The summed E-state index contributed by atoms with van der Waals surface area (Å²) in [6, 6.07) is 1.59. The first-order valence-electron chi connectivity index (χ1n) is 5.15. The van der Waals surface area contributed by atoms with E-state index in [-0.39, 0.29) is 5.57 Å². The molecule has 0 spiro atoms. The molecule has 18 heavy (non-hydrogen) atoms. The highest BCUT2D eigenvalue weighted by molar-refractivity contribution is 6.32. The number of hydrogen-bond donors (Lipinski definition) is 1. The van der Waals surface area contributed by atoms with Crippen LogP contribution in [0.5, 0.6) is 5.75 Å². The third kappa shape index (κ3) is 3.85. The molecular formula is C12H13ClN2O3. The van der Waals surface area contributed by atoms with Crippen molar-refractivity contribution in [3.8, 4) is 5.75 Å². The first kappa shape index (κ1) is 14.2. The van der Waals surface area contributed by atoms with E-state index >= 15 is 0 Å². The predicted molar refractivity (Wildman–Crippen MR) is 69.0 cm³/mol. The van der Waals surface area contributed by atoms with Crippen molar-refractivity contribution >= 4 is 23.5 Å². The lowest BCUT2D eigenvalue weighted by Gasteiger charge is -2.06. The summed E-state index contributed by atoms with van der Waals surface area (Å²) in [5, 5.41) is 9.21. The molecule has 1 N–H and O–H groups in total. The zero-order chi connectivity index (χ0) is 13.7. The fourth-order valence-corrected chi connectivity index (χ4v) is 1.24. The maximum absolute atomic E-state index is 10.7. The molecule has 0 bridgehead atoms. The molecule has 6 heteroatoms. The van der Waals surface area contributed by atoms with Gasteiger partial charge in [0.25, 0.3) is 0 Å². The van der Waals surface area contributed by atoms with Crippen molar-refractivity contribution in [2.24, 2.45) is 4.99 Å². The van der Waals surface area contributed by atoms with E-state index in [2.05, 4.69) is 9.98 Å². The molecule has 0 amide bonds. The van der Waals surface area contributed by atoms with Crippen molar-refractivity contribution in [3.63, 3.8) is 0 Å². The fraction of sp³-hybridized carbons (Fsp3) is 0.250. The normalized spacial score (nSPS) is 13.0. The Morgan fingerprint density at radius 2 is 2.11 bits per heavy atom. The summed E-state index contributed by atoms with van der Waals surface area (Å²) in [4.78, 5) is 18.6. The van der Waals surface area contributed by atoms with Crippen molar-refractivity contribution in [3.05, 3.63) is 34.8 Å². The third-order valence-electron chi connectivity index (χ3n) is 2.18. The van der Waals surface area contributed by atoms with Crippen LogP contribution in [-0.2, 0) is 4.79 Å². The van der Waals surface area contributed by atoms with Gasteiger partial charge in [-0.1, -0.05) is 11.6 Å². The highest BCUT2D eigenvalue weighted by atomic mass is 35.5. The Morgan fingerprint density at radius 1 is 1.44 bits per heavy atom. The molecule has 0 unspecified atom stereocenters. The maximum atomic E-state index is 10.7. The van der Waals surface area contributed by atoms with Gasteiger partial charge in [0.1, 0.15) is 0 Å². The molecule has 0 saturated carbocycles. The fourth-order valence-electron chi connectivity index (χ4n) is 1.09. The number of halogens is 1. The van der Waals surface area contributed by atoms with Gasteiger partial charge in [-0.25, -0.2) is 9.79 Å². The van der Waals surface area contributed by atoms with Crippen molar-refractivity contribution in [2.75, 3.05) is 0 Å². The van der Waals surface area contributed by atoms with Gasteiger partial charge in [-0.15, -0.1) is 0 Å². The standard InChI is InChI=1S/C12H13ClN2O3/c1-7(12(16)17)8(2)15-9(3)18-11-6-14-5-4-10(11)13/h4-6H,1-3H3,(H,16,17)/b8-7+,15-9+. The number of carboxylic acids is 1. The van der Waals surface area contributed by atoms with E-state index in [9.17, 15) is 4.79 Å². The molecule has 0 radical (unpaired) electrons. The number of rotatable bonds is 3. The second-order valence-corrected chi connectivity index (χ2v) is 3.96. The number of carboxylic acid groups (broad SMARTS) is 1. The van der Waals surface area contributed by atoms with Crippen LogP contribution in [-0.4, -0.2) is 22.0 Å². The Bertz CT molecular complexity index is 524. The lowest BCUT2D eigenvalue weighted by Crippen LogP contribution is -2.06. The van der Waals surface area contributed by atoms with Crippen molar-refractivity contribution < 1.29 is 14.6 Å². The van der Waals surface area contributed by atoms with Gasteiger partial charge in [-0.2, -0.15) is 0 Å². The van der Waals surface area contributed by atoms with Gasteiger partial charge < -0.3 is 9.84 Å². The summed E-state index contributed by atoms with van der Waals surface area (Å²) >= 11 is 5.89. The zero-order valence-electron chi connectivity index (χ0n) is 10.3. The van der Waals surface area contributed by atoms with Crippen LogP contribution in [0.25, 0.3) is 0 Å². The highest BCUT2D eigenvalue weighted by Crippen LogP contribution is 2.22. The minimum Gasteiger partial charge on any atom is -0.478 e. The minimum absolute atomic E-state index is 0.162. The number of carbonyl (C=O) groups is 1. The summed E-state index contributed by atoms with van der Waals surface area (Å²) in [6.07, 6.45) is 3.01. The van der Waals surface area contributed by atoms with Gasteiger partial charge >= 0.3 is 5.97 Å². The number of aromatic nitrogens is 1. The number of pyridine rings is 1. The second-order valence-electron chi connectivity index (χ2n) is 3.55. The topological polar surface area (TPSA) is 71.8 Å². The van der Waals surface area contributed by atoms with Crippen molar-refractivity contribution in [1.29, 1.82) is 0 Å². The highest BCUT2D eigenvalue weighted by Gasteiger charge is 2.06. The van der Waals surface area contributed by atoms with Crippen LogP contribution in [0.1, 0.15) is 20.8 Å². The summed E-state index contributed by atoms with van der Waals surface area (Å²) < 4.78 is 5.37. The molecule has 0 fully saturated rings. The van der Waals surface area contributed by atoms with Gasteiger partial charge in [0.2, 0.25) is 0 Å². The van der Waals surface area contributed by atoms with E-state index in [0.29, 0.717) is 22.4 Å². The molecule has 5 nitrogen and oxygen atoms in total. The smallest absolute Gasteiger partial charge is 0.333 e. The minimum atomic E-state index is -1.01. The van der Waals surface area contributed by atoms with Crippen LogP contribution in [0, 0.1) is 0 Å². The quantitative estimate of drug-likeness (QED) is 0.520. The summed E-state index contributed by atoms with van der Waals surface area (Å²) in [5.74, 6) is -0.340. The average molecular weight is 269 g/mol. The maximum Gasteiger partial charge on any atom is 0.333 e. The monoisotopic (exact) mass is 268 g/mol. The molecule has 96 valence electrons. The van der Waals surface area contributed by atoms with E-state index in [4.69, 9.17) is 21.4 Å². The van der Waals surface area contributed by atoms with Crippen LogP contribution in [0.15, 0.2) is 34.7 Å². The van der Waals surface area contributed by atoms with E-state index in [1.54, 1.807) is 26.1 Å². The molecule has 0 aromatic carbocycles. The molecule has 1 aromatic heterocycles. The Kier molecular flexibility index (Phi) is 4.85. The van der Waals surface area contributed by atoms with Gasteiger partial charge in [-0.3, -0.25) is 4.98 Å². The number of allylic oxidation sites excluding steroid dienone is 1. The third-order valence-corrected chi connectivity index (χ3v) is 2.49. The van der Waals surface area contributed by atoms with E-state index < -0.39 is 5.97 Å². The molecule has 0 saturated heterocycles. The lowest BCUT2D eigenvalue weighted by molar-refractivity contribution is -0.132. The lowest BCUT2D eigenvalue weighted by atomic mass is 10.2. The molecular weight excluding hydrogens is 256 g/mol. The van der Waals surface area contributed by atoms with E-state index in [1.807, 2.05) is 0 Å². The Labute approximate surface area is 110 Å². The summed E-state index contributed by atoms with van der Waals surface area (Å²) in [5.41, 5.74) is 0.537. The number of aliphatic carboxylic acids is 1. The van der Waals surface area contributed by atoms with Crippen molar-refractivity contribution in [1.82, 2.24) is 4.98 Å². The van der Waals surface area contributed by atoms with Gasteiger partial charge in [0.15, 0.2) is 11.6 Å². The van der Waals surface area contributed by atoms with Gasteiger partial charge in [0, 0.05) is 13.1 Å². The molecule has 0 aliphatic heterocycles. The molecule has 1 rings (SSSR count). The van der Waals surface area contributed by atoms with Crippen LogP contribution in [0.3, 0.4) is 0 Å². The number of nitrogens with zero attached hydrogens (tertiary/aromatic N) is 2. The van der Waals surface area contributed by atoms with E-state index in [1.165, 1.54) is 13.1 Å². The SMILES string of the molecule is C/C(=N\C(C)=C(/C)C(=O)O)Oc1cnccc1Cl. The first-order chi connectivity index (χ1) is 8.41. The largest absolute Gasteiger partial charge is 0.478 e. The molecule has 0 aliphatic carbocycles. The summed E-state index contributed by atoms with van der Waals surface area (Å²) in [6.45, 7) is 4.69. The second kappa shape index (κ2) is 6.16. The van der Waals surface area contributed by atoms with Crippen LogP contribution >= 0.6 is 11.6 Å². The number of aliphatic imine (C=N–C) groups is 1. The van der Waals surface area contributed by atoms with E-state index in [0.717, 1.165) is 0 Å². The van der Waals surface area contributed by atoms with Gasteiger partial charge in [0.05, 0.1) is 22.5 Å². The van der Waals surface area contributed by atoms with Crippen LogP contribution in [0.4, 0.5) is 0 Å². The molecule has 0 atom stereocenters. The number of ether oxygens (including phenoxy) is 1. The first-order valence-corrected chi connectivity index (χ1v) is 5.53. The zero-order valence-corrected chi connectivity index (χ0v) is 11.0. The predicted octanol–water partition coefficient (Wildman–Crippen LogP) is 2.91. The molecule has 1 heterocycles. The number of hydrogen-bond acceptors (Lipinski definition) is 4. The molecule has 1 aromatic rings. The van der Waals surface area contributed by atoms with Crippen LogP contribution < -0.4 is 4.74 Å². The van der Waals surface area contributed by atoms with Crippen molar-refractivity contribution in [2.45, 2.75) is 20.8 Å². The average Bonchev–Trinajstić information content (AvgIpc) is 2.30. The summed E-state index contributed by atoms with van der Waals surface area (Å²) in [7, 11) is 0. The Morgan fingerprint density at radius 3 is 2.67 bits per heavy atom. The Hall–Kier alpha value is -1.88.